The number of fused-ring (bicyclic) bond motifs is 1. The number of hydrogen-bond donors (Lipinski definition) is 3. The zero-order valence-corrected chi connectivity index (χ0v) is 14.2. The van der Waals surface area contributed by atoms with Gasteiger partial charge in [0.15, 0.2) is 0 Å². The average molecular weight is 348 g/mol. The molecule has 1 aromatic carbocycles. The van der Waals surface area contributed by atoms with Crippen molar-refractivity contribution in [3.8, 4) is 0 Å². The summed E-state index contributed by atoms with van der Waals surface area (Å²) < 4.78 is 14.0. The molecule has 25 heavy (non-hydrogen) atoms. The molecule has 1 aliphatic heterocycles. The van der Waals surface area contributed by atoms with E-state index in [0.717, 1.165) is 5.56 Å². The largest absolute Gasteiger partial charge is 0.362 e. The van der Waals surface area contributed by atoms with Crippen LogP contribution in [0.5, 0.6) is 0 Å². The van der Waals surface area contributed by atoms with E-state index in [9.17, 15) is 14.0 Å². The average Bonchev–Trinajstić information content (AvgIpc) is 3.11. The van der Waals surface area contributed by atoms with E-state index >= 15 is 0 Å². The summed E-state index contributed by atoms with van der Waals surface area (Å²) in [6, 6.07) is 2.96. The van der Waals surface area contributed by atoms with Crippen LogP contribution in [0.25, 0.3) is 10.9 Å². The molecule has 2 aromatic rings. The Morgan fingerprint density at radius 1 is 1.28 bits per heavy atom. The van der Waals surface area contributed by atoms with Crippen molar-refractivity contribution in [2.75, 3.05) is 33.2 Å². The molecule has 0 spiro atoms. The molecule has 1 aromatic heterocycles. The number of aromatic nitrogens is 1. The van der Waals surface area contributed by atoms with Crippen LogP contribution >= 0.6 is 0 Å². The molecule has 1 aliphatic rings. The van der Waals surface area contributed by atoms with Crippen molar-refractivity contribution in [3.05, 3.63) is 35.3 Å². The fourth-order valence-corrected chi connectivity index (χ4v) is 2.65. The van der Waals surface area contributed by atoms with Crippen LogP contribution in [0.3, 0.4) is 0 Å². The monoisotopic (exact) mass is 348 g/mol. The predicted octanol–water partition coefficient (Wildman–Crippen LogP) is 0.592. The van der Waals surface area contributed by atoms with Crippen molar-refractivity contribution in [3.63, 3.8) is 0 Å². The Balaban J connectivity index is 0.000000511. The van der Waals surface area contributed by atoms with Gasteiger partial charge in [-0.25, -0.2) is 4.39 Å². The SMILES string of the molecule is CNC=O.Cc1ccc(F)c2c(C(=O)C(=O)N3CCNCC3)c[nH]c12. The van der Waals surface area contributed by atoms with Crippen molar-refractivity contribution in [1.29, 1.82) is 0 Å². The van der Waals surface area contributed by atoms with E-state index < -0.39 is 17.5 Å². The van der Waals surface area contributed by atoms with E-state index in [1.54, 1.807) is 13.1 Å². The van der Waals surface area contributed by atoms with Crippen LogP contribution in [0.4, 0.5) is 4.39 Å². The summed E-state index contributed by atoms with van der Waals surface area (Å²) in [5, 5.41) is 5.57. The van der Waals surface area contributed by atoms with Gasteiger partial charge in [-0.05, 0) is 18.6 Å². The van der Waals surface area contributed by atoms with Crippen LogP contribution < -0.4 is 10.6 Å². The number of halogens is 1. The number of aryl methyl sites for hydroxylation is 1. The van der Waals surface area contributed by atoms with Gasteiger partial charge in [0.05, 0.1) is 11.1 Å². The molecule has 3 N–H and O–H groups in total. The molecule has 2 amide bonds. The lowest BCUT2D eigenvalue weighted by atomic mass is 10.1. The zero-order valence-electron chi connectivity index (χ0n) is 14.2. The summed E-state index contributed by atoms with van der Waals surface area (Å²) in [6.07, 6.45) is 2.04. The van der Waals surface area contributed by atoms with Gasteiger partial charge in [0.1, 0.15) is 5.82 Å². The predicted molar refractivity (Wildman–Crippen MR) is 91.9 cm³/mol. The van der Waals surface area contributed by atoms with Crippen molar-refractivity contribution >= 4 is 29.0 Å². The highest BCUT2D eigenvalue weighted by molar-refractivity contribution is 6.44. The third-order valence-corrected chi connectivity index (χ3v) is 3.95. The maximum atomic E-state index is 14.0. The highest BCUT2D eigenvalue weighted by atomic mass is 19.1. The molecule has 0 unspecified atom stereocenters. The Labute approximate surface area is 144 Å². The maximum Gasteiger partial charge on any atom is 0.295 e. The summed E-state index contributed by atoms with van der Waals surface area (Å²) in [5.41, 5.74) is 1.50. The van der Waals surface area contributed by atoms with E-state index in [1.165, 1.54) is 17.2 Å². The lowest BCUT2D eigenvalue weighted by Crippen LogP contribution is -2.48. The topological polar surface area (TPSA) is 94.3 Å². The smallest absolute Gasteiger partial charge is 0.295 e. The maximum absolute atomic E-state index is 14.0. The molecule has 0 bridgehead atoms. The number of benzene rings is 1. The van der Waals surface area contributed by atoms with Crippen LogP contribution in [0.15, 0.2) is 18.3 Å². The quantitative estimate of drug-likeness (QED) is 0.430. The fourth-order valence-electron chi connectivity index (χ4n) is 2.65. The fraction of sp³-hybridized carbons (Fsp3) is 0.353. The van der Waals surface area contributed by atoms with Crippen LogP contribution in [0, 0.1) is 12.7 Å². The molecular weight excluding hydrogens is 327 g/mol. The first kappa shape index (κ1) is 18.6. The number of H-pyrrole nitrogens is 1. The standard InChI is InChI=1S/C15H16FN3O2.C2H5NO/c1-9-2-3-11(16)12-10(8-18-13(9)12)14(20)15(21)19-6-4-17-5-7-19;1-3-2-4/h2-3,8,17-18H,4-7H2,1H3;2H,1H3,(H,3,4). The molecule has 7 nitrogen and oxygen atoms in total. The Kier molecular flexibility index (Phi) is 6.24. The lowest BCUT2D eigenvalue weighted by Gasteiger charge is -2.26. The molecule has 3 rings (SSSR count). The molecule has 1 fully saturated rings. The van der Waals surface area contributed by atoms with Gasteiger partial charge in [0, 0.05) is 44.8 Å². The number of nitrogens with one attached hydrogen (secondary N) is 3. The molecule has 0 saturated carbocycles. The molecule has 0 atom stereocenters. The third-order valence-electron chi connectivity index (χ3n) is 3.95. The summed E-state index contributed by atoms with van der Waals surface area (Å²) in [7, 11) is 1.56. The number of hydrogen-bond acceptors (Lipinski definition) is 4. The van der Waals surface area contributed by atoms with Crippen molar-refractivity contribution in [2.24, 2.45) is 0 Å². The first-order chi connectivity index (χ1) is 12.0. The molecule has 134 valence electrons. The number of ketones is 1. The van der Waals surface area contributed by atoms with E-state index in [4.69, 9.17) is 4.79 Å². The first-order valence-electron chi connectivity index (χ1n) is 7.92. The number of Topliss-reactive ketones (excluding diaryl/α,β-unsaturated/α-hetero) is 1. The van der Waals surface area contributed by atoms with Crippen LogP contribution in [-0.2, 0) is 9.59 Å². The van der Waals surface area contributed by atoms with Gasteiger partial charge in [-0.15, -0.1) is 0 Å². The van der Waals surface area contributed by atoms with Gasteiger partial charge in [-0.3, -0.25) is 14.4 Å². The zero-order chi connectivity index (χ0) is 18.4. The molecule has 0 aliphatic carbocycles. The number of carbonyl (C=O) groups excluding carboxylic acids is 3. The molecule has 2 heterocycles. The molecule has 8 heteroatoms. The third kappa shape index (κ3) is 4.03. The van der Waals surface area contributed by atoms with Gasteiger partial charge in [-0.1, -0.05) is 6.07 Å². The number of carbonyl (C=O) groups is 3. The Morgan fingerprint density at radius 2 is 1.92 bits per heavy atom. The van der Waals surface area contributed by atoms with E-state index in [-0.39, 0.29) is 10.9 Å². The minimum atomic E-state index is -0.660. The van der Waals surface area contributed by atoms with Gasteiger partial charge in [0.2, 0.25) is 6.41 Å². The highest BCUT2D eigenvalue weighted by Gasteiger charge is 2.27. The second-order valence-electron chi connectivity index (χ2n) is 5.59. The number of piperazine rings is 1. The number of nitrogens with zero attached hydrogens (tertiary/aromatic N) is 1. The van der Waals surface area contributed by atoms with Gasteiger partial charge in [-0.2, -0.15) is 0 Å². The van der Waals surface area contributed by atoms with Crippen LogP contribution in [-0.4, -0.2) is 61.2 Å². The van der Waals surface area contributed by atoms with E-state index in [2.05, 4.69) is 15.6 Å². The summed E-state index contributed by atoms with van der Waals surface area (Å²) in [4.78, 5) is 38.1. The van der Waals surface area contributed by atoms with Gasteiger partial charge < -0.3 is 20.5 Å². The van der Waals surface area contributed by atoms with Crippen molar-refractivity contribution in [2.45, 2.75) is 6.92 Å². The first-order valence-corrected chi connectivity index (χ1v) is 7.92. The molecule has 1 saturated heterocycles. The van der Waals surface area contributed by atoms with E-state index in [1.807, 2.05) is 6.92 Å². The normalized spacial score (nSPS) is 13.8. The Hall–Kier alpha value is -2.74. The lowest BCUT2D eigenvalue weighted by molar-refractivity contribution is -0.127. The van der Waals surface area contributed by atoms with Gasteiger partial charge >= 0.3 is 0 Å². The second kappa shape index (κ2) is 8.39. The number of aromatic amines is 1. The summed E-state index contributed by atoms with van der Waals surface area (Å²) in [6.45, 7) is 4.15. The molecule has 0 radical (unpaired) electrons. The van der Waals surface area contributed by atoms with Crippen LogP contribution in [0.1, 0.15) is 15.9 Å². The molecular formula is C17H21FN4O3. The highest BCUT2D eigenvalue weighted by Crippen LogP contribution is 2.25. The second-order valence-corrected chi connectivity index (χ2v) is 5.59. The Bertz CT molecular complexity index is 782. The van der Waals surface area contributed by atoms with Crippen LogP contribution in [0.2, 0.25) is 0 Å². The number of amides is 2. The number of rotatable bonds is 3. The minimum absolute atomic E-state index is 0.106. The van der Waals surface area contributed by atoms with Crippen molar-refractivity contribution < 1.29 is 18.8 Å². The van der Waals surface area contributed by atoms with Gasteiger partial charge in [0.25, 0.3) is 11.7 Å². The summed E-state index contributed by atoms with van der Waals surface area (Å²) in [5.74, 6) is -1.72. The van der Waals surface area contributed by atoms with Crippen molar-refractivity contribution in [1.82, 2.24) is 20.5 Å². The summed E-state index contributed by atoms with van der Waals surface area (Å²) >= 11 is 0. The Morgan fingerprint density at radius 3 is 2.52 bits per heavy atom. The minimum Gasteiger partial charge on any atom is -0.362 e. The van der Waals surface area contributed by atoms with E-state index in [0.29, 0.717) is 38.1 Å².